The molecule has 0 amide bonds. The maximum absolute atomic E-state index is 13.5. The van der Waals surface area contributed by atoms with Crippen LogP contribution < -0.4 is 20.1 Å². The van der Waals surface area contributed by atoms with Gasteiger partial charge in [0.05, 0.1) is 19.3 Å². The SMILES string of the molecule is CCOc1ccc(C(C)NC(=NC)NCc2ccc(O)c(F)c2)cc1OCC.I. The second kappa shape index (κ2) is 12.4. The molecule has 2 aromatic carbocycles. The number of phenols is 1. The van der Waals surface area contributed by atoms with Crippen molar-refractivity contribution in [3.05, 3.63) is 53.3 Å². The van der Waals surface area contributed by atoms with Crippen LogP contribution in [0.25, 0.3) is 0 Å². The lowest BCUT2D eigenvalue weighted by atomic mass is 10.1. The molecule has 3 N–H and O–H groups in total. The second-order valence-corrected chi connectivity index (χ2v) is 6.15. The number of halogens is 2. The highest BCUT2D eigenvalue weighted by atomic mass is 127. The molecule has 6 nitrogen and oxygen atoms in total. The quantitative estimate of drug-likeness (QED) is 0.276. The van der Waals surface area contributed by atoms with Gasteiger partial charge in [0.15, 0.2) is 29.0 Å². The van der Waals surface area contributed by atoms with Crippen LogP contribution >= 0.6 is 24.0 Å². The molecule has 1 atom stereocenters. The van der Waals surface area contributed by atoms with Crippen molar-refractivity contribution in [3.63, 3.8) is 0 Å². The Balaban J connectivity index is 0.00000420. The largest absolute Gasteiger partial charge is 0.505 e. The van der Waals surface area contributed by atoms with E-state index in [1.165, 1.54) is 12.1 Å². The topological polar surface area (TPSA) is 75.1 Å². The van der Waals surface area contributed by atoms with Crippen molar-refractivity contribution >= 4 is 29.9 Å². The zero-order valence-corrected chi connectivity index (χ0v) is 19.5. The van der Waals surface area contributed by atoms with E-state index in [4.69, 9.17) is 9.47 Å². The highest BCUT2D eigenvalue weighted by molar-refractivity contribution is 14.0. The summed E-state index contributed by atoms with van der Waals surface area (Å²) in [5.41, 5.74) is 1.72. The molecule has 0 aliphatic heterocycles. The Bertz CT molecular complexity index is 818. The average Bonchev–Trinajstić information content (AvgIpc) is 2.69. The number of nitrogens with one attached hydrogen (secondary N) is 2. The molecule has 2 rings (SSSR count). The number of guanidine groups is 1. The Hall–Kier alpha value is -2.23. The van der Waals surface area contributed by atoms with Crippen molar-refractivity contribution < 1.29 is 19.0 Å². The lowest BCUT2D eigenvalue weighted by Crippen LogP contribution is -2.38. The summed E-state index contributed by atoms with van der Waals surface area (Å²) in [4.78, 5) is 4.21. The molecule has 0 saturated heterocycles. The first-order valence-electron chi connectivity index (χ1n) is 9.32. The molecular weight excluding hydrogens is 488 g/mol. The van der Waals surface area contributed by atoms with E-state index in [1.54, 1.807) is 13.1 Å². The standard InChI is InChI=1S/C21H28FN3O3.HI/c1-5-27-19-10-8-16(12-20(19)28-6-2)14(3)25-21(23-4)24-13-15-7-9-18(26)17(22)11-15;/h7-12,14,26H,5-6,13H2,1-4H3,(H2,23,24,25);1H. The Kier molecular flexibility index (Phi) is 10.6. The highest BCUT2D eigenvalue weighted by Gasteiger charge is 2.12. The summed E-state index contributed by atoms with van der Waals surface area (Å²) in [7, 11) is 1.67. The van der Waals surface area contributed by atoms with E-state index in [1.807, 2.05) is 39.0 Å². The Morgan fingerprint density at radius 1 is 1.10 bits per heavy atom. The van der Waals surface area contributed by atoms with E-state index in [0.717, 1.165) is 11.3 Å². The van der Waals surface area contributed by atoms with E-state index in [9.17, 15) is 9.50 Å². The van der Waals surface area contributed by atoms with Gasteiger partial charge in [-0.2, -0.15) is 0 Å². The minimum atomic E-state index is -0.645. The van der Waals surface area contributed by atoms with Crippen molar-refractivity contribution in [3.8, 4) is 17.2 Å². The van der Waals surface area contributed by atoms with Crippen LogP contribution in [0.2, 0.25) is 0 Å². The minimum absolute atomic E-state index is 0. The van der Waals surface area contributed by atoms with Gasteiger partial charge in [-0.25, -0.2) is 4.39 Å². The van der Waals surface area contributed by atoms with Gasteiger partial charge in [0.1, 0.15) is 0 Å². The van der Waals surface area contributed by atoms with Crippen LogP contribution in [-0.4, -0.2) is 31.3 Å². The normalized spacial score (nSPS) is 12.0. The number of rotatable bonds is 8. The second-order valence-electron chi connectivity index (χ2n) is 6.15. The highest BCUT2D eigenvalue weighted by Crippen LogP contribution is 2.30. The Morgan fingerprint density at radius 3 is 2.41 bits per heavy atom. The van der Waals surface area contributed by atoms with Gasteiger partial charge < -0.3 is 25.2 Å². The molecule has 29 heavy (non-hydrogen) atoms. The van der Waals surface area contributed by atoms with Gasteiger partial charge in [0.25, 0.3) is 0 Å². The predicted molar refractivity (Wildman–Crippen MR) is 124 cm³/mol. The van der Waals surface area contributed by atoms with Crippen LogP contribution in [0.3, 0.4) is 0 Å². The molecule has 0 fully saturated rings. The predicted octanol–water partition coefficient (Wildman–Crippen LogP) is 4.37. The van der Waals surface area contributed by atoms with Crippen LogP contribution in [0.5, 0.6) is 17.2 Å². The third-order valence-corrected chi connectivity index (χ3v) is 4.12. The number of phenolic OH excluding ortho intramolecular Hbond substituents is 1. The van der Waals surface area contributed by atoms with E-state index in [2.05, 4.69) is 15.6 Å². The summed E-state index contributed by atoms with van der Waals surface area (Å²) in [6.45, 7) is 7.38. The van der Waals surface area contributed by atoms with Gasteiger partial charge in [0, 0.05) is 13.6 Å². The van der Waals surface area contributed by atoms with Crippen LogP contribution in [0, 0.1) is 5.82 Å². The maximum Gasteiger partial charge on any atom is 0.191 e. The van der Waals surface area contributed by atoms with Crippen molar-refractivity contribution in [2.24, 2.45) is 4.99 Å². The summed E-state index contributed by atoms with van der Waals surface area (Å²) < 4.78 is 24.7. The summed E-state index contributed by atoms with van der Waals surface area (Å²) in [5, 5.41) is 15.7. The van der Waals surface area contributed by atoms with E-state index >= 15 is 0 Å². The van der Waals surface area contributed by atoms with Crippen molar-refractivity contribution in [2.75, 3.05) is 20.3 Å². The van der Waals surface area contributed by atoms with E-state index in [-0.39, 0.29) is 35.8 Å². The molecule has 0 spiro atoms. The van der Waals surface area contributed by atoms with Gasteiger partial charge in [-0.05, 0) is 56.2 Å². The first-order valence-corrected chi connectivity index (χ1v) is 9.32. The fourth-order valence-electron chi connectivity index (χ4n) is 2.67. The van der Waals surface area contributed by atoms with Gasteiger partial charge in [-0.1, -0.05) is 12.1 Å². The van der Waals surface area contributed by atoms with Crippen molar-refractivity contribution in [1.82, 2.24) is 10.6 Å². The summed E-state index contributed by atoms with van der Waals surface area (Å²) >= 11 is 0. The van der Waals surface area contributed by atoms with Gasteiger partial charge in [0.2, 0.25) is 0 Å². The summed E-state index contributed by atoms with van der Waals surface area (Å²) in [6, 6.07) is 10.1. The molecule has 0 aliphatic rings. The molecule has 0 aliphatic carbocycles. The minimum Gasteiger partial charge on any atom is -0.505 e. The number of ether oxygens (including phenoxy) is 2. The molecule has 0 heterocycles. The molecule has 0 radical (unpaired) electrons. The van der Waals surface area contributed by atoms with Crippen LogP contribution in [0.15, 0.2) is 41.4 Å². The fraction of sp³-hybridized carbons (Fsp3) is 0.381. The molecule has 160 valence electrons. The molecule has 0 saturated carbocycles. The number of hydrogen-bond acceptors (Lipinski definition) is 4. The number of nitrogens with zero attached hydrogens (tertiary/aromatic N) is 1. The molecule has 8 heteroatoms. The average molecular weight is 517 g/mol. The third kappa shape index (κ3) is 7.26. The lowest BCUT2D eigenvalue weighted by molar-refractivity contribution is 0.287. The number of aliphatic imine (C=N–C) groups is 1. The number of hydrogen-bond donors (Lipinski definition) is 3. The third-order valence-electron chi connectivity index (χ3n) is 4.12. The van der Waals surface area contributed by atoms with Crippen LogP contribution in [0.4, 0.5) is 4.39 Å². The molecule has 1 unspecified atom stereocenters. The molecule has 0 aromatic heterocycles. The van der Waals surface area contributed by atoms with Gasteiger partial charge in [-0.3, -0.25) is 4.99 Å². The van der Waals surface area contributed by atoms with Crippen molar-refractivity contribution in [1.29, 1.82) is 0 Å². The number of aromatic hydroxyl groups is 1. The number of benzene rings is 2. The first-order chi connectivity index (χ1) is 13.5. The molecule has 2 aromatic rings. The molecular formula is C21H29FIN3O3. The smallest absolute Gasteiger partial charge is 0.191 e. The van der Waals surface area contributed by atoms with E-state index in [0.29, 0.717) is 37.0 Å². The summed E-state index contributed by atoms with van der Waals surface area (Å²) in [5.74, 6) is 0.997. The first kappa shape index (κ1) is 24.8. The van der Waals surface area contributed by atoms with Crippen LogP contribution in [-0.2, 0) is 6.54 Å². The van der Waals surface area contributed by atoms with Gasteiger partial charge >= 0.3 is 0 Å². The molecule has 0 bridgehead atoms. The monoisotopic (exact) mass is 517 g/mol. The Labute approximate surface area is 188 Å². The zero-order valence-electron chi connectivity index (χ0n) is 17.2. The van der Waals surface area contributed by atoms with Crippen LogP contribution in [0.1, 0.15) is 37.9 Å². The Morgan fingerprint density at radius 2 is 1.79 bits per heavy atom. The zero-order chi connectivity index (χ0) is 20.5. The van der Waals surface area contributed by atoms with E-state index < -0.39 is 5.82 Å². The lowest BCUT2D eigenvalue weighted by Gasteiger charge is -2.20. The summed E-state index contributed by atoms with van der Waals surface area (Å²) in [6.07, 6.45) is 0. The fourth-order valence-corrected chi connectivity index (χ4v) is 2.67. The van der Waals surface area contributed by atoms with Crippen molar-refractivity contribution in [2.45, 2.75) is 33.4 Å². The maximum atomic E-state index is 13.5. The van der Waals surface area contributed by atoms with Gasteiger partial charge in [-0.15, -0.1) is 24.0 Å².